The number of morpholine rings is 1. The summed E-state index contributed by atoms with van der Waals surface area (Å²) < 4.78 is 5.39. The quantitative estimate of drug-likeness (QED) is 0.782. The summed E-state index contributed by atoms with van der Waals surface area (Å²) in [5.41, 5.74) is 3.17. The van der Waals surface area contributed by atoms with Gasteiger partial charge in [0.15, 0.2) is 0 Å². The number of benzene rings is 1. The Bertz CT molecular complexity index is 558. The highest BCUT2D eigenvalue weighted by molar-refractivity contribution is 5.69. The lowest BCUT2D eigenvalue weighted by Crippen LogP contribution is -2.42. The molecule has 0 radical (unpaired) electrons. The summed E-state index contributed by atoms with van der Waals surface area (Å²) in [4.78, 5) is 13.4. The predicted octanol–water partition coefficient (Wildman–Crippen LogP) is 2.28. The van der Waals surface area contributed by atoms with Crippen molar-refractivity contribution in [2.45, 2.75) is 25.9 Å². The van der Waals surface area contributed by atoms with Crippen LogP contribution >= 0.6 is 0 Å². The van der Waals surface area contributed by atoms with Gasteiger partial charge in [-0.05, 0) is 25.1 Å². The largest absolute Gasteiger partial charge is 0.465 e. The molecule has 0 saturated carbocycles. The number of carboxylic acid groups (broad SMARTS) is 1. The minimum atomic E-state index is -0.978. The number of hydrogen-bond acceptors (Lipinski definition) is 4. The van der Waals surface area contributed by atoms with E-state index in [1.807, 2.05) is 0 Å². The second-order valence-electron chi connectivity index (χ2n) is 6.09. The zero-order valence-corrected chi connectivity index (χ0v) is 13.0. The van der Waals surface area contributed by atoms with E-state index in [0.29, 0.717) is 0 Å². The lowest BCUT2D eigenvalue weighted by Gasteiger charge is -2.38. The molecule has 1 fully saturated rings. The van der Waals surface area contributed by atoms with Gasteiger partial charge in [0.2, 0.25) is 0 Å². The van der Waals surface area contributed by atoms with Crippen LogP contribution in [-0.2, 0) is 4.74 Å². The van der Waals surface area contributed by atoms with Crippen LogP contribution in [0.3, 0.4) is 0 Å². The van der Waals surface area contributed by atoms with E-state index in [4.69, 9.17) is 9.84 Å². The average molecular weight is 305 g/mol. The molecular formula is C16H23N3O3. The van der Waals surface area contributed by atoms with Gasteiger partial charge >= 0.3 is 6.09 Å². The fraction of sp³-hybridized carbons (Fsp3) is 0.562. The van der Waals surface area contributed by atoms with Crippen molar-refractivity contribution in [1.82, 2.24) is 5.32 Å². The van der Waals surface area contributed by atoms with E-state index >= 15 is 0 Å². The molecule has 0 aromatic heterocycles. The molecule has 6 nitrogen and oxygen atoms in total. The number of nitrogens with one attached hydrogen (secondary N) is 2. The summed E-state index contributed by atoms with van der Waals surface area (Å²) in [6, 6.07) is 6.29. The molecule has 1 amide bonds. The number of anilines is 2. The van der Waals surface area contributed by atoms with Gasteiger partial charge in [-0.25, -0.2) is 4.79 Å². The number of amides is 1. The summed E-state index contributed by atoms with van der Waals surface area (Å²) in [7, 11) is 0. The van der Waals surface area contributed by atoms with Gasteiger partial charge in [0, 0.05) is 42.0 Å². The molecule has 120 valence electrons. The highest BCUT2D eigenvalue weighted by Gasteiger charge is 2.33. The van der Waals surface area contributed by atoms with Crippen LogP contribution in [0.25, 0.3) is 0 Å². The Labute approximate surface area is 130 Å². The Morgan fingerprint density at radius 3 is 2.77 bits per heavy atom. The standard InChI is InChI=1S/C16H23N3O3/c1-10-11(2)17-14-4-3-12(19-5-7-22-8-6-19)9-13(14)15(10)18-16(20)21/h3-4,9-11,15,17-18H,5-8H2,1-2H3,(H,20,21)/t10-,11-,15+/m0/s1. The fourth-order valence-electron chi connectivity index (χ4n) is 3.25. The average Bonchev–Trinajstić information content (AvgIpc) is 2.52. The van der Waals surface area contributed by atoms with Crippen LogP contribution in [0.5, 0.6) is 0 Å². The van der Waals surface area contributed by atoms with Crippen LogP contribution < -0.4 is 15.5 Å². The number of ether oxygens (including phenoxy) is 1. The normalized spacial score (nSPS) is 27.7. The molecule has 0 unspecified atom stereocenters. The molecule has 3 rings (SSSR count). The topological polar surface area (TPSA) is 73.8 Å². The Kier molecular flexibility index (Phi) is 4.11. The summed E-state index contributed by atoms with van der Waals surface area (Å²) in [5.74, 6) is 0.184. The smallest absolute Gasteiger partial charge is 0.405 e. The molecule has 0 spiro atoms. The molecule has 2 aliphatic heterocycles. The van der Waals surface area contributed by atoms with Crippen molar-refractivity contribution in [3.8, 4) is 0 Å². The molecule has 6 heteroatoms. The first kappa shape index (κ1) is 15.0. The van der Waals surface area contributed by atoms with E-state index in [-0.39, 0.29) is 18.0 Å². The molecule has 3 atom stereocenters. The van der Waals surface area contributed by atoms with E-state index in [2.05, 4.69) is 47.6 Å². The molecule has 0 bridgehead atoms. The molecule has 2 heterocycles. The predicted molar refractivity (Wildman–Crippen MR) is 85.6 cm³/mol. The first-order chi connectivity index (χ1) is 10.6. The number of fused-ring (bicyclic) bond motifs is 1. The van der Waals surface area contributed by atoms with E-state index < -0.39 is 6.09 Å². The molecular weight excluding hydrogens is 282 g/mol. The second-order valence-corrected chi connectivity index (χ2v) is 6.09. The molecule has 1 aromatic carbocycles. The first-order valence-electron chi connectivity index (χ1n) is 7.79. The van der Waals surface area contributed by atoms with Crippen molar-refractivity contribution in [1.29, 1.82) is 0 Å². The lowest BCUT2D eigenvalue weighted by molar-refractivity contribution is 0.122. The fourth-order valence-corrected chi connectivity index (χ4v) is 3.25. The minimum absolute atomic E-state index is 0.184. The number of rotatable bonds is 2. The van der Waals surface area contributed by atoms with Crippen molar-refractivity contribution < 1.29 is 14.6 Å². The Hall–Kier alpha value is -1.95. The van der Waals surface area contributed by atoms with Crippen molar-refractivity contribution in [3.05, 3.63) is 23.8 Å². The van der Waals surface area contributed by atoms with Gasteiger partial charge in [-0.1, -0.05) is 6.92 Å². The molecule has 1 saturated heterocycles. The van der Waals surface area contributed by atoms with Crippen molar-refractivity contribution >= 4 is 17.5 Å². The zero-order valence-electron chi connectivity index (χ0n) is 13.0. The number of hydrogen-bond donors (Lipinski definition) is 3. The summed E-state index contributed by atoms with van der Waals surface area (Å²) in [6.45, 7) is 7.37. The summed E-state index contributed by atoms with van der Waals surface area (Å²) in [5, 5.41) is 15.3. The summed E-state index contributed by atoms with van der Waals surface area (Å²) >= 11 is 0. The highest BCUT2D eigenvalue weighted by atomic mass is 16.5. The van der Waals surface area contributed by atoms with E-state index in [1.54, 1.807) is 0 Å². The highest BCUT2D eigenvalue weighted by Crippen LogP contribution is 2.38. The van der Waals surface area contributed by atoms with Crippen LogP contribution in [0.4, 0.5) is 16.2 Å². The van der Waals surface area contributed by atoms with E-state index in [9.17, 15) is 4.79 Å². The number of nitrogens with zero attached hydrogens (tertiary/aromatic N) is 1. The van der Waals surface area contributed by atoms with E-state index in [1.165, 1.54) is 0 Å². The molecule has 0 aliphatic carbocycles. The Morgan fingerprint density at radius 1 is 1.36 bits per heavy atom. The van der Waals surface area contributed by atoms with E-state index in [0.717, 1.165) is 43.2 Å². The number of carbonyl (C=O) groups is 1. The van der Waals surface area contributed by atoms with Crippen molar-refractivity contribution in [2.75, 3.05) is 36.5 Å². The van der Waals surface area contributed by atoms with Crippen LogP contribution in [0.2, 0.25) is 0 Å². The Balaban J connectivity index is 1.93. The monoisotopic (exact) mass is 305 g/mol. The van der Waals surface area contributed by atoms with Gasteiger partial charge in [0.05, 0.1) is 19.3 Å². The van der Waals surface area contributed by atoms with Crippen LogP contribution in [0.1, 0.15) is 25.5 Å². The maximum atomic E-state index is 11.2. The maximum Gasteiger partial charge on any atom is 0.405 e. The van der Waals surface area contributed by atoms with Crippen LogP contribution in [-0.4, -0.2) is 43.5 Å². The summed E-state index contributed by atoms with van der Waals surface area (Å²) in [6.07, 6.45) is -0.978. The van der Waals surface area contributed by atoms with Gasteiger partial charge in [0.25, 0.3) is 0 Å². The minimum Gasteiger partial charge on any atom is -0.465 e. The van der Waals surface area contributed by atoms with Gasteiger partial charge in [-0.3, -0.25) is 0 Å². The molecule has 1 aromatic rings. The van der Waals surface area contributed by atoms with Crippen molar-refractivity contribution in [3.63, 3.8) is 0 Å². The van der Waals surface area contributed by atoms with Crippen LogP contribution in [0, 0.1) is 5.92 Å². The SMILES string of the molecule is C[C@H]1[C@H](C)Nc2ccc(N3CCOCC3)cc2[C@@H]1NC(=O)O. The second kappa shape index (κ2) is 6.04. The zero-order chi connectivity index (χ0) is 15.7. The molecule has 3 N–H and O–H groups in total. The third kappa shape index (κ3) is 2.83. The van der Waals surface area contributed by atoms with Gasteiger partial charge in [-0.2, -0.15) is 0 Å². The van der Waals surface area contributed by atoms with Gasteiger partial charge in [0.1, 0.15) is 0 Å². The first-order valence-corrected chi connectivity index (χ1v) is 7.79. The lowest BCUT2D eigenvalue weighted by atomic mass is 9.84. The van der Waals surface area contributed by atoms with Gasteiger partial charge < -0.3 is 25.4 Å². The van der Waals surface area contributed by atoms with Gasteiger partial charge in [-0.15, -0.1) is 0 Å². The molecule has 22 heavy (non-hydrogen) atoms. The van der Waals surface area contributed by atoms with Crippen LogP contribution in [0.15, 0.2) is 18.2 Å². The third-order valence-electron chi connectivity index (χ3n) is 4.72. The third-order valence-corrected chi connectivity index (χ3v) is 4.72. The molecule has 2 aliphatic rings. The van der Waals surface area contributed by atoms with Crippen molar-refractivity contribution in [2.24, 2.45) is 5.92 Å². The Morgan fingerprint density at radius 2 is 2.09 bits per heavy atom. The maximum absolute atomic E-state index is 11.2.